The number of hydrogen-bond acceptors (Lipinski definition) is 3. The van der Waals surface area contributed by atoms with Crippen LogP contribution < -0.4 is 10.6 Å². The molecule has 116 valence electrons. The molecule has 0 saturated heterocycles. The molecule has 0 aromatic heterocycles. The number of aliphatic hydroxyl groups excluding tert-OH is 1. The van der Waals surface area contributed by atoms with Crippen LogP contribution in [0.25, 0.3) is 0 Å². The Kier molecular flexibility index (Phi) is 7.36. The van der Waals surface area contributed by atoms with E-state index in [0.717, 1.165) is 32.1 Å². The van der Waals surface area contributed by atoms with E-state index in [2.05, 4.69) is 10.6 Å². The number of carbonyl (C=O) groups is 2. The van der Waals surface area contributed by atoms with Gasteiger partial charge in [-0.15, -0.1) is 0 Å². The van der Waals surface area contributed by atoms with E-state index >= 15 is 0 Å². The highest BCUT2D eigenvalue weighted by atomic mass is 16.4. The standard InChI is InChI=1S/C14H26N2O4/c1-10(6-7-13(18)19)8-9-15-14(20)16-11-4-2-3-5-12(11)17/h10-12,17H,2-9H2,1H3,(H,18,19)(H2,15,16,20). The Bertz CT molecular complexity index is 322. The summed E-state index contributed by atoms with van der Waals surface area (Å²) in [5.41, 5.74) is 0. The lowest BCUT2D eigenvalue weighted by Crippen LogP contribution is -2.49. The molecule has 1 rings (SSSR count). The summed E-state index contributed by atoms with van der Waals surface area (Å²) < 4.78 is 0. The summed E-state index contributed by atoms with van der Waals surface area (Å²) in [6.07, 6.45) is 4.73. The summed E-state index contributed by atoms with van der Waals surface area (Å²) >= 11 is 0. The molecule has 0 aromatic rings. The SMILES string of the molecule is CC(CCNC(=O)NC1CCCCC1O)CCC(=O)O. The molecule has 1 aliphatic rings. The number of urea groups is 1. The van der Waals surface area contributed by atoms with E-state index in [1.807, 2.05) is 6.92 Å². The van der Waals surface area contributed by atoms with Gasteiger partial charge in [0.15, 0.2) is 0 Å². The van der Waals surface area contributed by atoms with E-state index in [-0.39, 0.29) is 24.4 Å². The second-order valence-corrected chi connectivity index (χ2v) is 5.68. The topological polar surface area (TPSA) is 98.7 Å². The molecule has 1 saturated carbocycles. The zero-order valence-electron chi connectivity index (χ0n) is 12.1. The van der Waals surface area contributed by atoms with Crippen molar-refractivity contribution in [2.24, 2.45) is 5.92 Å². The smallest absolute Gasteiger partial charge is 0.315 e. The van der Waals surface area contributed by atoms with Crippen LogP contribution in [0.4, 0.5) is 4.79 Å². The van der Waals surface area contributed by atoms with Crippen LogP contribution in [0.5, 0.6) is 0 Å². The van der Waals surface area contributed by atoms with Crippen LogP contribution in [0, 0.1) is 5.92 Å². The summed E-state index contributed by atoms with van der Waals surface area (Å²) in [6, 6.07) is -0.394. The molecular formula is C14H26N2O4. The van der Waals surface area contributed by atoms with Crippen molar-refractivity contribution in [1.29, 1.82) is 0 Å². The minimum absolute atomic E-state index is 0.145. The molecule has 0 spiro atoms. The van der Waals surface area contributed by atoms with Crippen LogP contribution in [0.15, 0.2) is 0 Å². The minimum Gasteiger partial charge on any atom is -0.481 e. The number of hydrogen-bond donors (Lipinski definition) is 4. The van der Waals surface area contributed by atoms with Crippen LogP contribution in [-0.2, 0) is 4.79 Å². The second-order valence-electron chi connectivity index (χ2n) is 5.68. The van der Waals surface area contributed by atoms with Crippen LogP contribution in [0.3, 0.4) is 0 Å². The molecule has 0 aromatic carbocycles. The van der Waals surface area contributed by atoms with Crippen molar-refractivity contribution in [2.75, 3.05) is 6.54 Å². The van der Waals surface area contributed by atoms with Gasteiger partial charge in [-0.1, -0.05) is 19.8 Å². The molecule has 6 nitrogen and oxygen atoms in total. The first-order valence-electron chi connectivity index (χ1n) is 7.43. The van der Waals surface area contributed by atoms with Crippen LogP contribution in [0.1, 0.15) is 51.9 Å². The second kappa shape index (κ2) is 8.79. The molecule has 6 heteroatoms. The van der Waals surface area contributed by atoms with Gasteiger partial charge >= 0.3 is 12.0 Å². The number of carbonyl (C=O) groups excluding carboxylic acids is 1. The van der Waals surface area contributed by atoms with Crippen molar-refractivity contribution in [1.82, 2.24) is 10.6 Å². The fourth-order valence-electron chi connectivity index (χ4n) is 2.45. The summed E-state index contributed by atoms with van der Waals surface area (Å²) in [7, 11) is 0. The molecule has 20 heavy (non-hydrogen) atoms. The van der Waals surface area contributed by atoms with E-state index in [1.54, 1.807) is 0 Å². The van der Waals surface area contributed by atoms with Gasteiger partial charge in [-0.3, -0.25) is 4.79 Å². The van der Waals surface area contributed by atoms with E-state index < -0.39 is 12.1 Å². The van der Waals surface area contributed by atoms with E-state index in [9.17, 15) is 14.7 Å². The molecular weight excluding hydrogens is 260 g/mol. The Morgan fingerprint density at radius 2 is 1.95 bits per heavy atom. The summed E-state index contributed by atoms with van der Waals surface area (Å²) in [5.74, 6) is -0.513. The molecule has 1 aliphatic carbocycles. The molecule has 3 unspecified atom stereocenters. The lowest BCUT2D eigenvalue weighted by molar-refractivity contribution is -0.137. The third kappa shape index (κ3) is 6.75. The molecule has 0 aliphatic heterocycles. The van der Waals surface area contributed by atoms with E-state index in [0.29, 0.717) is 13.0 Å². The van der Waals surface area contributed by atoms with Gasteiger partial charge in [0.05, 0.1) is 12.1 Å². The third-order valence-electron chi connectivity index (χ3n) is 3.82. The maximum atomic E-state index is 11.7. The first-order valence-corrected chi connectivity index (χ1v) is 7.43. The summed E-state index contributed by atoms with van der Waals surface area (Å²) in [6.45, 7) is 2.50. The number of rotatable bonds is 7. The average Bonchev–Trinajstić information content (AvgIpc) is 2.39. The number of aliphatic hydroxyl groups is 1. The lowest BCUT2D eigenvalue weighted by atomic mass is 9.93. The van der Waals surface area contributed by atoms with Crippen molar-refractivity contribution in [3.8, 4) is 0 Å². The van der Waals surface area contributed by atoms with Crippen molar-refractivity contribution < 1.29 is 19.8 Å². The zero-order valence-corrected chi connectivity index (χ0v) is 12.1. The van der Waals surface area contributed by atoms with Gasteiger partial charge < -0.3 is 20.8 Å². The largest absolute Gasteiger partial charge is 0.481 e. The number of nitrogens with one attached hydrogen (secondary N) is 2. The van der Waals surface area contributed by atoms with Gasteiger partial charge in [-0.25, -0.2) is 4.79 Å². The van der Waals surface area contributed by atoms with Gasteiger partial charge in [0.25, 0.3) is 0 Å². The molecule has 0 heterocycles. The Morgan fingerprint density at radius 1 is 1.25 bits per heavy atom. The first-order chi connectivity index (χ1) is 9.49. The van der Waals surface area contributed by atoms with Gasteiger partial charge in [0.2, 0.25) is 0 Å². The number of carboxylic acid groups (broad SMARTS) is 1. The highest BCUT2D eigenvalue weighted by molar-refractivity contribution is 5.74. The molecule has 1 fully saturated rings. The van der Waals surface area contributed by atoms with Gasteiger partial charge in [-0.05, 0) is 31.6 Å². The number of carboxylic acids is 1. The van der Waals surface area contributed by atoms with E-state index in [4.69, 9.17) is 5.11 Å². The Labute approximate surface area is 119 Å². The Morgan fingerprint density at radius 3 is 2.60 bits per heavy atom. The first kappa shape index (κ1) is 16.8. The monoisotopic (exact) mass is 286 g/mol. The molecule has 0 radical (unpaired) electrons. The maximum absolute atomic E-state index is 11.7. The van der Waals surface area contributed by atoms with Crippen molar-refractivity contribution in [3.05, 3.63) is 0 Å². The zero-order chi connectivity index (χ0) is 15.0. The van der Waals surface area contributed by atoms with Crippen molar-refractivity contribution >= 4 is 12.0 Å². The Hall–Kier alpha value is -1.30. The fraction of sp³-hybridized carbons (Fsp3) is 0.857. The van der Waals surface area contributed by atoms with Gasteiger partial charge in [0, 0.05) is 13.0 Å². The van der Waals surface area contributed by atoms with Crippen LogP contribution >= 0.6 is 0 Å². The van der Waals surface area contributed by atoms with E-state index in [1.165, 1.54) is 0 Å². The van der Waals surface area contributed by atoms with Crippen LogP contribution in [0.2, 0.25) is 0 Å². The summed E-state index contributed by atoms with van der Waals surface area (Å²) in [4.78, 5) is 22.1. The summed E-state index contributed by atoms with van der Waals surface area (Å²) in [5, 5.41) is 23.9. The Balaban J connectivity index is 2.11. The highest BCUT2D eigenvalue weighted by Crippen LogP contribution is 2.18. The number of amides is 2. The predicted octanol–water partition coefficient (Wildman–Crippen LogP) is 1.48. The highest BCUT2D eigenvalue weighted by Gasteiger charge is 2.24. The fourth-order valence-corrected chi connectivity index (χ4v) is 2.45. The van der Waals surface area contributed by atoms with Gasteiger partial charge in [0.1, 0.15) is 0 Å². The molecule has 2 amide bonds. The third-order valence-corrected chi connectivity index (χ3v) is 3.82. The molecule has 0 bridgehead atoms. The molecule has 4 N–H and O–H groups in total. The lowest BCUT2D eigenvalue weighted by Gasteiger charge is -2.28. The maximum Gasteiger partial charge on any atom is 0.315 e. The quantitative estimate of drug-likeness (QED) is 0.569. The predicted molar refractivity (Wildman–Crippen MR) is 75.4 cm³/mol. The van der Waals surface area contributed by atoms with Gasteiger partial charge in [-0.2, -0.15) is 0 Å². The average molecular weight is 286 g/mol. The molecule has 3 atom stereocenters. The van der Waals surface area contributed by atoms with Crippen molar-refractivity contribution in [2.45, 2.75) is 64.0 Å². The minimum atomic E-state index is -0.783. The number of aliphatic carboxylic acids is 1. The van der Waals surface area contributed by atoms with Crippen molar-refractivity contribution in [3.63, 3.8) is 0 Å². The normalized spacial score (nSPS) is 23.9. The van der Waals surface area contributed by atoms with Crippen LogP contribution in [-0.4, -0.2) is 40.9 Å².